The van der Waals surface area contributed by atoms with Crippen molar-refractivity contribution in [2.45, 2.75) is 97.4 Å². The predicted molar refractivity (Wildman–Crippen MR) is 128 cm³/mol. The van der Waals surface area contributed by atoms with Crippen LogP contribution in [0.2, 0.25) is 0 Å². The maximum absolute atomic E-state index is 11.4. The molecule has 0 saturated carbocycles. The van der Waals surface area contributed by atoms with E-state index in [1.807, 2.05) is 6.92 Å². The number of imidazole rings is 1. The Morgan fingerprint density at radius 3 is 2.43 bits per heavy atom. The number of aromatic nitrogens is 2. The van der Waals surface area contributed by atoms with Crippen LogP contribution >= 0.6 is 0 Å². The van der Waals surface area contributed by atoms with E-state index in [-0.39, 0.29) is 5.91 Å². The second kappa shape index (κ2) is 14.8. The van der Waals surface area contributed by atoms with E-state index in [0.29, 0.717) is 0 Å². The van der Waals surface area contributed by atoms with Gasteiger partial charge in [-0.2, -0.15) is 0 Å². The summed E-state index contributed by atoms with van der Waals surface area (Å²) in [5.74, 6) is 1.22. The fourth-order valence-corrected chi connectivity index (χ4v) is 3.98. The van der Waals surface area contributed by atoms with Crippen LogP contribution in [-0.2, 0) is 17.8 Å². The Balaban J connectivity index is 1.76. The molecule has 0 aliphatic rings. The van der Waals surface area contributed by atoms with Crippen molar-refractivity contribution < 1.29 is 4.79 Å². The maximum Gasteiger partial charge on any atom is 0.243 e. The monoisotopic (exact) mass is 411 g/mol. The summed E-state index contributed by atoms with van der Waals surface area (Å²) in [6.45, 7) is 5.96. The van der Waals surface area contributed by atoms with Gasteiger partial charge < -0.3 is 9.88 Å². The highest BCUT2D eigenvalue weighted by atomic mass is 16.1. The molecule has 0 spiro atoms. The van der Waals surface area contributed by atoms with E-state index in [0.717, 1.165) is 44.3 Å². The van der Waals surface area contributed by atoms with E-state index in [1.54, 1.807) is 12.2 Å². The van der Waals surface area contributed by atoms with Gasteiger partial charge in [-0.25, -0.2) is 4.98 Å². The average Bonchev–Trinajstić information content (AvgIpc) is 3.10. The first-order chi connectivity index (χ1) is 14.8. The van der Waals surface area contributed by atoms with E-state index >= 15 is 0 Å². The zero-order valence-electron chi connectivity index (χ0n) is 19.2. The van der Waals surface area contributed by atoms with Gasteiger partial charge in [0, 0.05) is 19.5 Å². The lowest BCUT2D eigenvalue weighted by Crippen LogP contribution is -2.21. The molecule has 0 saturated heterocycles. The molecular formula is C26H41N3O. The average molecular weight is 412 g/mol. The number of fused-ring (bicyclic) bond motifs is 1. The first kappa shape index (κ1) is 24.2. The number of amides is 1. The van der Waals surface area contributed by atoms with Gasteiger partial charge in [-0.1, -0.05) is 76.5 Å². The van der Waals surface area contributed by atoms with E-state index in [1.165, 1.54) is 62.7 Å². The number of unbranched alkanes of at least 4 members (excludes halogenated alkanes) is 9. The molecule has 4 nitrogen and oxygen atoms in total. The minimum absolute atomic E-state index is 0.00431. The van der Waals surface area contributed by atoms with Crippen molar-refractivity contribution in [3.63, 3.8) is 0 Å². The van der Waals surface area contributed by atoms with E-state index in [2.05, 4.69) is 41.1 Å². The summed E-state index contributed by atoms with van der Waals surface area (Å²) >= 11 is 0. The number of benzene rings is 1. The standard InChI is InChI=1S/C26H41N3O/c1-3-5-6-7-8-9-10-16-22-29-24-19-14-13-18-23(24)28-25(29)20-12-11-15-21-27-26(30)17-4-2/h4,13-14,17-19H,3,5-12,15-16,20-22H2,1-2H3,(H,27,30)/b17-4+. The third-order valence-electron chi connectivity index (χ3n) is 5.66. The van der Waals surface area contributed by atoms with Gasteiger partial charge in [0.25, 0.3) is 0 Å². The molecule has 0 aliphatic carbocycles. The van der Waals surface area contributed by atoms with Crippen molar-refractivity contribution in [1.29, 1.82) is 0 Å². The Kier molecular flexibility index (Phi) is 11.9. The second-order valence-corrected chi connectivity index (χ2v) is 8.24. The molecule has 0 fully saturated rings. The third-order valence-corrected chi connectivity index (χ3v) is 5.66. The summed E-state index contributed by atoms with van der Waals surface area (Å²) in [6, 6.07) is 8.52. The topological polar surface area (TPSA) is 46.9 Å². The highest BCUT2D eigenvalue weighted by Gasteiger charge is 2.10. The number of aryl methyl sites for hydroxylation is 2. The predicted octanol–water partition coefficient (Wildman–Crippen LogP) is 6.58. The largest absolute Gasteiger partial charge is 0.353 e. The summed E-state index contributed by atoms with van der Waals surface area (Å²) in [5, 5.41) is 2.92. The van der Waals surface area contributed by atoms with Crippen LogP contribution in [0.5, 0.6) is 0 Å². The van der Waals surface area contributed by atoms with Crippen molar-refractivity contribution in [3.05, 3.63) is 42.2 Å². The molecular weight excluding hydrogens is 370 g/mol. The van der Waals surface area contributed by atoms with Crippen LogP contribution in [0.1, 0.15) is 90.3 Å². The van der Waals surface area contributed by atoms with Crippen LogP contribution in [0.4, 0.5) is 0 Å². The number of carbonyl (C=O) groups excluding carboxylic acids is 1. The van der Waals surface area contributed by atoms with Gasteiger partial charge in [0.15, 0.2) is 0 Å². The Morgan fingerprint density at radius 2 is 1.67 bits per heavy atom. The highest BCUT2D eigenvalue weighted by molar-refractivity contribution is 5.87. The van der Waals surface area contributed by atoms with Gasteiger partial charge in [0.05, 0.1) is 11.0 Å². The fraction of sp³-hybridized carbons (Fsp3) is 0.615. The molecule has 4 heteroatoms. The van der Waals surface area contributed by atoms with Crippen LogP contribution in [-0.4, -0.2) is 22.0 Å². The summed E-state index contributed by atoms with van der Waals surface area (Å²) < 4.78 is 2.44. The quantitative estimate of drug-likeness (QED) is 0.250. The molecule has 1 amide bonds. The minimum Gasteiger partial charge on any atom is -0.353 e. The van der Waals surface area contributed by atoms with Gasteiger partial charge in [-0.3, -0.25) is 4.79 Å². The van der Waals surface area contributed by atoms with Crippen molar-refractivity contribution in [3.8, 4) is 0 Å². The Hall–Kier alpha value is -2.10. The van der Waals surface area contributed by atoms with Crippen LogP contribution < -0.4 is 5.32 Å². The molecule has 30 heavy (non-hydrogen) atoms. The lowest BCUT2D eigenvalue weighted by atomic mass is 10.1. The summed E-state index contributed by atoms with van der Waals surface area (Å²) in [6.07, 6.45) is 18.4. The number of para-hydroxylation sites is 2. The van der Waals surface area contributed by atoms with Crippen molar-refractivity contribution >= 4 is 16.9 Å². The van der Waals surface area contributed by atoms with Gasteiger partial charge >= 0.3 is 0 Å². The van der Waals surface area contributed by atoms with E-state index in [4.69, 9.17) is 4.98 Å². The number of carbonyl (C=O) groups is 1. The SMILES string of the molecule is C/C=C/C(=O)NCCCCCc1nc2ccccc2n1CCCCCCCCCC. The molecule has 0 unspecified atom stereocenters. The molecule has 2 aromatic rings. The number of nitrogens with one attached hydrogen (secondary N) is 1. The van der Waals surface area contributed by atoms with Crippen LogP contribution in [0.3, 0.4) is 0 Å². The third kappa shape index (κ3) is 8.73. The number of rotatable bonds is 16. The molecule has 1 aromatic carbocycles. The number of hydrogen-bond acceptors (Lipinski definition) is 2. The molecule has 2 rings (SSSR count). The Morgan fingerprint density at radius 1 is 0.967 bits per heavy atom. The zero-order chi connectivity index (χ0) is 21.4. The van der Waals surface area contributed by atoms with Crippen molar-refractivity contribution in [1.82, 2.24) is 14.9 Å². The first-order valence-electron chi connectivity index (χ1n) is 12.1. The number of nitrogens with zero attached hydrogens (tertiary/aromatic N) is 2. The van der Waals surface area contributed by atoms with Gasteiger partial charge in [0.2, 0.25) is 5.91 Å². The Labute approximate surface area is 183 Å². The van der Waals surface area contributed by atoms with Gasteiger partial charge in [-0.15, -0.1) is 0 Å². The maximum atomic E-state index is 11.4. The van der Waals surface area contributed by atoms with Crippen molar-refractivity contribution in [2.24, 2.45) is 0 Å². The molecule has 0 aliphatic heterocycles. The molecule has 0 bridgehead atoms. The molecule has 0 atom stereocenters. The lowest BCUT2D eigenvalue weighted by molar-refractivity contribution is -0.116. The number of hydrogen-bond donors (Lipinski definition) is 1. The molecule has 1 heterocycles. The molecule has 1 N–H and O–H groups in total. The van der Waals surface area contributed by atoms with Crippen LogP contribution in [0, 0.1) is 0 Å². The Bertz CT molecular complexity index is 763. The molecule has 0 radical (unpaired) electrons. The molecule has 166 valence electrons. The van der Waals surface area contributed by atoms with E-state index in [9.17, 15) is 4.79 Å². The highest BCUT2D eigenvalue weighted by Crippen LogP contribution is 2.19. The zero-order valence-corrected chi connectivity index (χ0v) is 19.2. The normalized spacial score (nSPS) is 11.5. The van der Waals surface area contributed by atoms with Crippen LogP contribution in [0.25, 0.3) is 11.0 Å². The molecule has 1 aromatic heterocycles. The van der Waals surface area contributed by atoms with Gasteiger partial charge in [0.1, 0.15) is 5.82 Å². The van der Waals surface area contributed by atoms with Crippen LogP contribution in [0.15, 0.2) is 36.4 Å². The summed E-state index contributed by atoms with van der Waals surface area (Å²) in [7, 11) is 0. The lowest BCUT2D eigenvalue weighted by Gasteiger charge is -2.10. The first-order valence-corrected chi connectivity index (χ1v) is 12.1. The summed E-state index contributed by atoms with van der Waals surface area (Å²) in [5.41, 5.74) is 2.39. The number of allylic oxidation sites excluding steroid dienone is 1. The minimum atomic E-state index is 0.00431. The van der Waals surface area contributed by atoms with Crippen molar-refractivity contribution in [2.75, 3.05) is 6.54 Å². The fourth-order valence-electron chi connectivity index (χ4n) is 3.98. The van der Waals surface area contributed by atoms with E-state index < -0.39 is 0 Å². The van der Waals surface area contributed by atoms with Gasteiger partial charge in [-0.05, 0) is 44.4 Å². The summed E-state index contributed by atoms with van der Waals surface area (Å²) in [4.78, 5) is 16.4. The smallest absolute Gasteiger partial charge is 0.243 e. The second-order valence-electron chi connectivity index (χ2n) is 8.24.